The number of benzene rings is 1. The number of rotatable bonds is 2. The van der Waals surface area contributed by atoms with Gasteiger partial charge in [0, 0.05) is 17.7 Å². The third-order valence-electron chi connectivity index (χ3n) is 2.62. The third kappa shape index (κ3) is 2.76. The molecule has 100 valence electrons. The number of hydrogen-bond donors (Lipinski definition) is 1. The van der Waals surface area contributed by atoms with E-state index < -0.39 is 17.1 Å². The number of nitrogens with two attached hydrogens (primary N) is 1. The van der Waals surface area contributed by atoms with Crippen molar-refractivity contribution in [3.8, 4) is 0 Å². The van der Waals surface area contributed by atoms with Crippen molar-refractivity contribution in [3.05, 3.63) is 61.1 Å². The largest absolute Gasteiger partial charge is 0.393 e. The summed E-state index contributed by atoms with van der Waals surface area (Å²) in [5, 5.41) is 0. The molecule has 1 aromatic carbocycles. The lowest BCUT2D eigenvalue weighted by Crippen LogP contribution is -2.39. The molecule has 0 atom stereocenters. The molecule has 0 fully saturated rings. The van der Waals surface area contributed by atoms with Gasteiger partial charge in [0.2, 0.25) is 0 Å². The fraction of sp³-hybridized carbons (Fsp3) is 0.167. The van der Waals surface area contributed by atoms with Crippen LogP contribution in [0.3, 0.4) is 0 Å². The molecule has 2 aromatic rings. The first kappa shape index (κ1) is 13.5. The van der Waals surface area contributed by atoms with Crippen LogP contribution in [0.5, 0.6) is 0 Å². The van der Waals surface area contributed by atoms with Crippen molar-refractivity contribution in [1.29, 1.82) is 0 Å². The van der Waals surface area contributed by atoms with E-state index in [-0.39, 0.29) is 12.2 Å². The standard InChI is InChI=1S/C12H11BrFN3O2/c1-16-6-10(15)11(18)17(12(16)19)5-7-2-8(13)4-9(14)3-7/h2-4,6H,5,15H2,1H3. The second kappa shape index (κ2) is 5.00. The van der Waals surface area contributed by atoms with Crippen LogP contribution in [0, 0.1) is 5.82 Å². The molecule has 0 unspecified atom stereocenters. The zero-order valence-electron chi connectivity index (χ0n) is 10.1. The third-order valence-corrected chi connectivity index (χ3v) is 3.08. The molecule has 5 nitrogen and oxygen atoms in total. The van der Waals surface area contributed by atoms with E-state index in [1.807, 2.05) is 0 Å². The van der Waals surface area contributed by atoms with Gasteiger partial charge >= 0.3 is 5.69 Å². The van der Waals surface area contributed by atoms with E-state index in [0.29, 0.717) is 10.0 Å². The van der Waals surface area contributed by atoms with E-state index in [4.69, 9.17) is 5.73 Å². The lowest BCUT2D eigenvalue weighted by atomic mass is 10.2. The van der Waals surface area contributed by atoms with Crippen LogP contribution in [0.15, 0.2) is 38.5 Å². The van der Waals surface area contributed by atoms with Gasteiger partial charge in [-0.3, -0.25) is 9.36 Å². The smallest absolute Gasteiger partial charge is 0.331 e. The monoisotopic (exact) mass is 327 g/mol. The molecule has 0 bridgehead atoms. The van der Waals surface area contributed by atoms with Gasteiger partial charge in [-0.2, -0.15) is 0 Å². The molecule has 1 heterocycles. The van der Waals surface area contributed by atoms with Crippen LogP contribution >= 0.6 is 15.9 Å². The summed E-state index contributed by atoms with van der Waals surface area (Å²) >= 11 is 3.16. The average Bonchev–Trinajstić information content (AvgIpc) is 2.31. The highest BCUT2D eigenvalue weighted by Gasteiger charge is 2.09. The molecule has 7 heteroatoms. The fourth-order valence-corrected chi connectivity index (χ4v) is 2.29. The number of nitrogen functional groups attached to an aromatic ring is 1. The Labute approximate surface area is 116 Å². The second-order valence-electron chi connectivity index (χ2n) is 4.15. The summed E-state index contributed by atoms with van der Waals surface area (Å²) in [5.41, 5.74) is 4.91. The van der Waals surface area contributed by atoms with Crippen LogP contribution in [-0.4, -0.2) is 9.13 Å². The lowest BCUT2D eigenvalue weighted by Gasteiger charge is -2.09. The highest BCUT2D eigenvalue weighted by Crippen LogP contribution is 2.15. The van der Waals surface area contributed by atoms with Crippen LogP contribution in [0.25, 0.3) is 0 Å². The number of anilines is 1. The highest BCUT2D eigenvalue weighted by molar-refractivity contribution is 9.10. The Morgan fingerprint density at radius 2 is 2.00 bits per heavy atom. The van der Waals surface area contributed by atoms with Crippen molar-refractivity contribution in [2.75, 3.05) is 5.73 Å². The van der Waals surface area contributed by atoms with Crippen LogP contribution in [0.1, 0.15) is 5.56 Å². The van der Waals surface area contributed by atoms with Crippen molar-refractivity contribution < 1.29 is 4.39 Å². The first-order valence-electron chi connectivity index (χ1n) is 5.39. The topological polar surface area (TPSA) is 70.0 Å². The SMILES string of the molecule is Cn1cc(N)c(=O)n(Cc2cc(F)cc(Br)c2)c1=O. The molecule has 2 rings (SSSR count). The minimum absolute atomic E-state index is 0.0300. The zero-order chi connectivity index (χ0) is 14.2. The van der Waals surface area contributed by atoms with Gasteiger partial charge in [0.25, 0.3) is 5.56 Å². The van der Waals surface area contributed by atoms with E-state index in [0.717, 1.165) is 4.57 Å². The van der Waals surface area contributed by atoms with Gasteiger partial charge in [0.15, 0.2) is 0 Å². The predicted octanol–water partition coefficient (Wildman–Crippen LogP) is 1.08. The maximum Gasteiger partial charge on any atom is 0.331 e. The van der Waals surface area contributed by atoms with Crippen molar-refractivity contribution in [2.45, 2.75) is 6.54 Å². The summed E-state index contributed by atoms with van der Waals surface area (Å²) in [7, 11) is 1.50. The summed E-state index contributed by atoms with van der Waals surface area (Å²) in [6, 6.07) is 4.20. The van der Waals surface area contributed by atoms with E-state index in [1.165, 1.54) is 29.9 Å². The number of aromatic nitrogens is 2. The fourth-order valence-electron chi connectivity index (χ4n) is 1.78. The van der Waals surface area contributed by atoms with Gasteiger partial charge in [-0.15, -0.1) is 0 Å². The Bertz CT molecular complexity index is 697. The highest BCUT2D eigenvalue weighted by atomic mass is 79.9. The number of nitrogens with zero attached hydrogens (tertiary/aromatic N) is 2. The van der Waals surface area contributed by atoms with Crippen LogP contribution in [-0.2, 0) is 13.6 Å². The minimum Gasteiger partial charge on any atom is -0.393 e. The number of halogens is 2. The van der Waals surface area contributed by atoms with Crippen LogP contribution in [0.2, 0.25) is 0 Å². The summed E-state index contributed by atoms with van der Waals surface area (Å²) in [4.78, 5) is 23.7. The molecule has 0 saturated carbocycles. The molecule has 0 spiro atoms. The molecule has 0 radical (unpaired) electrons. The van der Waals surface area contributed by atoms with Gasteiger partial charge in [-0.1, -0.05) is 15.9 Å². The minimum atomic E-state index is -0.580. The van der Waals surface area contributed by atoms with Gasteiger partial charge < -0.3 is 10.3 Å². The van der Waals surface area contributed by atoms with Crippen molar-refractivity contribution >= 4 is 21.6 Å². The van der Waals surface area contributed by atoms with Crippen molar-refractivity contribution in [1.82, 2.24) is 9.13 Å². The molecule has 2 N–H and O–H groups in total. The maximum atomic E-state index is 13.3. The molecule has 0 aliphatic rings. The summed E-state index contributed by atoms with van der Waals surface area (Å²) in [6.07, 6.45) is 1.27. The quantitative estimate of drug-likeness (QED) is 0.897. The van der Waals surface area contributed by atoms with Gasteiger partial charge in [0.05, 0.1) is 6.54 Å². The molecular weight excluding hydrogens is 317 g/mol. The first-order chi connectivity index (χ1) is 8.88. The summed E-state index contributed by atoms with van der Waals surface area (Å²) < 4.78 is 16.0. The van der Waals surface area contributed by atoms with E-state index in [1.54, 1.807) is 6.07 Å². The second-order valence-corrected chi connectivity index (χ2v) is 5.06. The summed E-state index contributed by atoms with van der Waals surface area (Å²) in [5.74, 6) is -0.446. The van der Waals surface area contributed by atoms with Crippen molar-refractivity contribution in [2.24, 2.45) is 7.05 Å². The number of hydrogen-bond acceptors (Lipinski definition) is 3. The van der Waals surface area contributed by atoms with Gasteiger partial charge in [0.1, 0.15) is 11.5 Å². The molecule has 19 heavy (non-hydrogen) atoms. The predicted molar refractivity (Wildman–Crippen MR) is 73.6 cm³/mol. The normalized spacial score (nSPS) is 10.7. The van der Waals surface area contributed by atoms with Gasteiger partial charge in [-0.25, -0.2) is 9.18 Å². The van der Waals surface area contributed by atoms with E-state index in [9.17, 15) is 14.0 Å². The average molecular weight is 328 g/mol. The molecule has 0 aliphatic carbocycles. The lowest BCUT2D eigenvalue weighted by molar-refractivity contribution is 0.613. The van der Waals surface area contributed by atoms with E-state index >= 15 is 0 Å². The van der Waals surface area contributed by atoms with Crippen LogP contribution in [0.4, 0.5) is 10.1 Å². The Morgan fingerprint density at radius 1 is 1.32 bits per heavy atom. The zero-order valence-corrected chi connectivity index (χ0v) is 11.6. The van der Waals surface area contributed by atoms with E-state index in [2.05, 4.69) is 15.9 Å². The molecule has 0 aliphatic heterocycles. The van der Waals surface area contributed by atoms with Crippen LogP contribution < -0.4 is 17.0 Å². The Kier molecular flexibility index (Phi) is 3.57. The maximum absolute atomic E-state index is 13.3. The summed E-state index contributed by atoms with van der Waals surface area (Å²) in [6.45, 7) is -0.0348. The molecular formula is C12H11BrFN3O2. The Hall–Kier alpha value is -1.89. The molecule has 0 amide bonds. The first-order valence-corrected chi connectivity index (χ1v) is 6.18. The molecule has 1 aromatic heterocycles. The Balaban J connectivity index is 2.55. The van der Waals surface area contributed by atoms with Gasteiger partial charge in [-0.05, 0) is 23.8 Å². The number of aryl methyl sites for hydroxylation is 1. The molecule has 0 saturated heterocycles. The van der Waals surface area contributed by atoms with Crippen molar-refractivity contribution in [3.63, 3.8) is 0 Å². The Morgan fingerprint density at radius 3 is 2.63 bits per heavy atom.